The van der Waals surface area contributed by atoms with E-state index in [-0.39, 0.29) is 23.7 Å². The van der Waals surface area contributed by atoms with Gasteiger partial charge in [-0.05, 0) is 12.5 Å². The second kappa shape index (κ2) is 7.09. The smallest absolute Gasteiger partial charge is 0.311 e. The first kappa shape index (κ1) is 17.2. The van der Waals surface area contributed by atoms with E-state index < -0.39 is 0 Å². The Labute approximate surface area is 147 Å². The van der Waals surface area contributed by atoms with Crippen molar-refractivity contribution in [3.05, 3.63) is 53.6 Å². The van der Waals surface area contributed by atoms with Crippen LogP contribution in [0.1, 0.15) is 22.7 Å². The monoisotopic (exact) mass is 341 g/mol. The lowest BCUT2D eigenvalue weighted by Gasteiger charge is -2.17. The summed E-state index contributed by atoms with van der Waals surface area (Å²) in [7, 11) is 3.28. The molecule has 1 amide bonds. The zero-order chi connectivity index (χ0) is 18.0. The van der Waals surface area contributed by atoms with Gasteiger partial charge in [0.15, 0.2) is 0 Å². The van der Waals surface area contributed by atoms with Gasteiger partial charge < -0.3 is 14.2 Å². The lowest BCUT2D eigenvalue weighted by Crippen LogP contribution is -2.31. The Kier molecular flexibility index (Phi) is 4.88. The first-order valence-corrected chi connectivity index (χ1v) is 8.37. The fourth-order valence-corrected chi connectivity index (χ4v) is 3.41. The van der Waals surface area contributed by atoms with Crippen molar-refractivity contribution >= 4 is 11.9 Å². The summed E-state index contributed by atoms with van der Waals surface area (Å²) in [6.07, 6.45) is 3.81. The molecule has 1 aromatic heterocycles. The molecule has 0 unspecified atom stereocenters. The predicted octanol–water partition coefficient (Wildman–Crippen LogP) is 1.69. The maximum atomic E-state index is 12.7. The molecule has 1 aliphatic heterocycles. The number of imidazole rings is 1. The number of hydrogen-bond donors (Lipinski definition) is 0. The zero-order valence-corrected chi connectivity index (χ0v) is 14.8. The summed E-state index contributed by atoms with van der Waals surface area (Å²) in [6, 6.07) is 7.95. The van der Waals surface area contributed by atoms with Gasteiger partial charge in [-0.25, -0.2) is 4.98 Å². The van der Waals surface area contributed by atoms with Gasteiger partial charge in [-0.2, -0.15) is 0 Å². The van der Waals surface area contributed by atoms with Crippen LogP contribution in [0.2, 0.25) is 0 Å². The molecule has 0 N–H and O–H groups in total. The van der Waals surface area contributed by atoms with Gasteiger partial charge in [0.1, 0.15) is 0 Å². The van der Waals surface area contributed by atoms with E-state index in [1.54, 1.807) is 17.4 Å². The fourth-order valence-electron chi connectivity index (χ4n) is 3.41. The van der Waals surface area contributed by atoms with Crippen LogP contribution in [0.15, 0.2) is 36.8 Å². The molecular formula is C19H23N3O3. The van der Waals surface area contributed by atoms with E-state index in [0.717, 1.165) is 11.3 Å². The van der Waals surface area contributed by atoms with E-state index >= 15 is 0 Å². The SMILES string of the molecule is COC(=O)[C@@H]1CN(C(=O)Cc2ccc(C)cc2)C[C@H]1c1cncn1C. The summed E-state index contributed by atoms with van der Waals surface area (Å²) in [6.45, 7) is 2.91. The highest BCUT2D eigenvalue weighted by atomic mass is 16.5. The maximum Gasteiger partial charge on any atom is 0.311 e. The molecule has 2 aromatic rings. The number of aromatic nitrogens is 2. The summed E-state index contributed by atoms with van der Waals surface area (Å²) < 4.78 is 6.85. The molecule has 2 heterocycles. The fraction of sp³-hybridized carbons (Fsp3) is 0.421. The van der Waals surface area contributed by atoms with E-state index in [2.05, 4.69) is 4.98 Å². The van der Waals surface area contributed by atoms with Crippen molar-refractivity contribution in [2.24, 2.45) is 13.0 Å². The highest BCUT2D eigenvalue weighted by Gasteiger charge is 2.42. The van der Waals surface area contributed by atoms with Crippen LogP contribution in [0.25, 0.3) is 0 Å². The van der Waals surface area contributed by atoms with Crippen LogP contribution in [0.5, 0.6) is 0 Å². The number of ether oxygens (including phenoxy) is 1. The third-order valence-corrected chi connectivity index (χ3v) is 4.89. The van der Waals surface area contributed by atoms with Crippen LogP contribution in [-0.2, 0) is 27.8 Å². The maximum absolute atomic E-state index is 12.7. The number of rotatable bonds is 4. The molecule has 6 nitrogen and oxygen atoms in total. The molecule has 25 heavy (non-hydrogen) atoms. The topological polar surface area (TPSA) is 64.4 Å². The summed E-state index contributed by atoms with van der Waals surface area (Å²) in [5, 5.41) is 0. The van der Waals surface area contributed by atoms with Gasteiger partial charge in [0, 0.05) is 37.9 Å². The number of carbonyl (C=O) groups is 2. The molecule has 1 aromatic carbocycles. The van der Waals surface area contributed by atoms with Crippen molar-refractivity contribution in [3.8, 4) is 0 Å². The molecule has 0 aliphatic carbocycles. The van der Waals surface area contributed by atoms with Crippen molar-refractivity contribution in [1.29, 1.82) is 0 Å². The molecular weight excluding hydrogens is 318 g/mol. The van der Waals surface area contributed by atoms with Crippen LogP contribution in [0.3, 0.4) is 0 Å². The second-order valence-corrected chi connectivity index (χ2v) is 6.63. The molecule has 0 spiro atoms. The first-order chi connectivity index (χ1) is 12.0. The minimum atomic E-state index is -0.359. The molecule has 1 saturated heterocycles. The first-order valence-electron chi connectivity index (χ1n) is 8.37. The molecule has 0 bridgehead atoms. The average molecular weight is 341 g/mol. The summed E-state index contributed by atoms with van der Waals surface area (Å²) in [5.41, 5.74) is 3.09. The summed E-state index contributed by atoms with van der Waals surface area (Å²) in [4.78, 5) is 30.8. The van der Waals surface area contributed by atoms with Gasteiger partial charge in [-0.1, -0.05) is 29.8 Å². The number of benzene rings is 1. The van der Waals surface area contributed by atoms with Crippen molar-refractivity contribution in [1.82, 2.24) is 14.5 Å². The third kappa shape index (κ3) is 3.57. The van der Waals surface area contributed by atoms with E-state index in [0.29, 0.717) is 19.5 Å². The Bertz CT molecular complexity index is 766. The van der Waals surface area contributed by atoms with Crippen LogP contribution in [-0.4, -0.2) is 46.5 Å². The van der Waals surface area contributed by atoms with E-state index in [4.69, 9.17) is 4.74 Å². The summed E-state index contributed by atoms with van der Waals surface area (Å²) >= 11 is 0. The number of aryl methyl sites for hydroxylation is 2. The van der Waals surface area contributed by atoms with Crippen LogP contribution < -0.4 is 0 Å². The Hall–Kier alpha value is -2.63. The molecule has 3 rings (SSSR count). The Morgan fingerprint density at radius 1 is 1.24 bits per heavy atom. The Morgan fingerprint density at radius 3 is 2.56 bits per heavy atom. The standard InChI is InChI=1S/C19H23N3O3/c1-13-4-6-14(7-5-13)8-18(23)22-10-15(16(11-22)19(24)25-3)17-9-20-12-21(17)2/h4-7,9,12,15-16H,8,10-11H2,1-3H3/t15-,16-/m1/s1. The molecule has 132 valence electrons. The third-order valence-electron chi connectivity index (χ3n) is 4.89. The van der Waals surface area contributed by atoms with Crippen molar-refractivity contribution in [3.63, 3.8) is 0 Å². The quantitative estimate of drug-likeness (QED) is 0.794. The highest BCUT2D eigenvalue weighted by Crippen LogP contribution is 2.33. The number of nitrogens with zero attached hydrogens (tertiary/aromatic N) is 3. The molecule has 2 atom stereocenters. The van der Waals surface area contributed by atoms with E-state index in [1.807, 2.05) is 42.8 Å². The lowest BCUT2D eigenvalue weighted by atomic mass is 9.93. The minimum Gasteiger partial charge on any atom is -0.469 e. The molecule has 0 radical (unpaired) electrons. The van der Waals surface area contributed by atoms with Crippen LogP contribution in [0, 0.1) is 12.8 Å². The van der Waals surface area contributed by atoms with Gasteiger partial charge >= 0.3 is 5.97 Å². The van der Waals surface area contributed by atoms with Gasteiger partial charge in [-0.3, -0.25) is 9.59 Å². The molecule has 1 fully saturated rings. The van der Waals surface area contributed by atoms with Gasteiger partial charge in [0.2, 0.25) is 5.91 Å². The Morgan fingerprint density at radius 2 is 1.96 bits per heavy atom. The highest BCUT2D eigenvalue weighted by molar-refractivity contribution is 5.81. The number of carbonyl (C=O) groups excluding carboxylic acids is 2. The number of methoxy groups -OCH3 is 1. The van der Waals surface area contributed by atoms with Crippen molar-refractivity contribution in [2.45, 2.75) is 19.3 Å². The van der Waals surface area contributed by atoms with Crippen molar-refractivity contribution in [2.75, 3.05) is 20.2 Å². The van der Waals surface area contributed by atoms with Gasteiger partial charge in [-0.15, -0.1) is 0 Å². The number of amides is 1. The van der Waals surface area contributed by atoms with E-state index in [1.165, 1.54) is 12.7 Å². The zero-order valence-electron chi connectivity index (χ0n) is 14.8. The van der Waals surface area contributed by atoms with Crippen LogP contribution in [0.4, 0.5) is 0 Å². The van der Waals surface area contributed by atoms with E-state index in [9.17, 15) is 9.59 Å². The lowest BCUT2D eigenvalue weighted by molar-refractivity contribution is -0.145. The minimum absolute atomic E-state index is 0.0300. The largest absolute Gasteiger partial charge is 0.469 e. The van der Waals surface area contributed by atoms with Crippen molar-refractivity contribution < 1.29 is 14.3 Å². The molecule has 1 aliphatic rings. The molecule has 6 heteroatoms. The van der Waals surface area contributed by atoms with Gasteiger partial charge in [0.25, 0.3) is 0 Å². The normalized spacial score (nSPS) is 19.9. The predicted molar refractivity (Wildman–Crippen MR) is 92.9 cm³/mol. The number of hydrogen-bond acceptors (Lipinski definition) is 4. The Balaban J connectivity index is 1.76. The second-order valence-electron chi connectivity index (χ2n) is 6.63. The molecule has 0 saturated carbocycles. The number of likely N-dealkylation sites (tertiary alicyclic amines) is 1. The average Bonchev–Trinajstić information content (AvgIpc) is 3.22. The van der Waals surface area contributed by atoms with Gasteiger partial charge in [0.05, 0.1) is 25.8 Å². The van der Waals surface area contributed by atoms with Crippen LogP contribution >= 0.6 is 0 Å². The summed E-state index contributed by atoms with van der Waals surface area (Å²) in [5.74, 6) is -0.705. The number of esters is 1.